The molecular formula is C15H20N4O. The summed E-state index contributed by atoms with van der Waals surface area (Å²) >= 11 is 0. The fourth-order valence-electron chi connectivity index (χ4n) is 2.24. The van der Waals surface area contributed by atoms with Crippen LogP contribution in [0.3, 0.4) is 0 Å². The maximum atomic E-state index is 11.1. The molecule has 0 aliphatic heterocycles. The molecule has 0 aliphatic carbocycles. The highest BCUT2D eigenvalue weighted by Gasteiger charge is 2.11. The summed E-state index contributed by atoms with van der Waals surface area (Å²) in [4.78, 5) is 17.7. The number of amides is 1. The maximum absolute atomic E-state index is 11.1. The Morgan fingerprint density at radius 1 is 1.40 bits per heavy atom. The van der Waals surface area contributed by atoms with Crippen molar-refractivity contribution in [2.24, 2.45) is 5.73 Å². The van der Waals surface area contributed by atoms with Gasteiger partial charge in [-0.1, -0.05) is 25.1 Å². The number of hydrogen-bond donors (Lipinski definition) is 2. The normalized spacial score (nSPS) is 10.9. The molecule has 2 aromatic rings. The Bertz CT molecular complexity index is 612. The van der Waals surface area contributed by atoms with Gasteiger partial charge in [0.2, 0.25) is 5.91 Å². The fourth-order valence-corrected chi connectivity index (χ4v) is 2.24. The first-order valence-electron chi connectivity index (χ1n) is 6.71. The summed E-state index contributed by atoms with van der Waals surface area (Å²) in [5.74, 6) is 0.526. The minimum atomic E-state index is -0.313. The van der Waals surface area contributed by atoms with E-state index in [0.29, 0.717) is 6.54 Å². The predicted octanol–water partition coefficient (Wildman–Crippen LogP) is 1.58. The van der Waals surface area contributed by atoms with E-state index in [2.05, 4.69) is 16.4 Å². The zero-order valence-corrected chi connectivity index (χ0v) is 11.9. The number of hydrogen-bond acceptors (Lipinski definition) is 4. The minimum Gasteiger partial charge on any atom is -0.373 e. The number of aromatic nitrogens is 1. The predicted molar refractivity (Wildman–Crippen MR) is 81.4 cm³/mol. The van der Waals surface area contributed by atoms with Gasteiger partial charge < -0.3 is 11.1 Å². The summed E-state index contributed by atoms with van der Waals surface area (Å²) in [7, 11) is 1.85. The van der Waals surface area contributed by atoms with E-state index in [1.807, 2.05) is 43.1 Å². The van der Waals surface area contributed by atoms with Crippen molar-refractivity contribution >= 4 is 22.6 Å². The van der Waals surface area contributed by atoms with Crippen LogP contribution in [0.15, 0.2) is 30.3 Å². The number of para-hydroxylation sites is 1. The molecule has 0 unspecified atom stereocenters. The van der Waals surface area contributed by atoms with Crippen LogP contribution in [0.1, 0.15) is 12.5 Å². The van der Waals surface area contributed by atoms with Crippen molar-refractivity contribution in [1.82, 2.24) is 9.88 Å². The summed E-state index contributed by atoms with van der Waals surface area (Å²) in [5, 5.41) is 4.21. The highest BCUT2D eigenvalue weighted by molar-refractivity contribution is 5.81. The quantitative estimate of drug-likeness (QED) is 0.837. The van der Waals surface area contributed by atoms with Crippen LogP contribution in [-0.2, 0) is 11.3 Å². The van der Waals surface area contributed by atoms with Crippen LogP contribution < -0.4 is 11.1 Å². The van der Waals surface area contributed by atoms with E-state index in [4.69, 9.17) is 5.73 Å². The second-order valence-corrected chi connectivity index (χ2v) is 4.71. The van der Waals surface area contributed by atoms with Gasteiger partial charge in [-0.2, -0.15) is 0 Å². The zero-order chi connectivity index (χ0) is 14.5. The number of nitrogens with two attached hydrogens (primary N) is 1. The molecule has 0 radical (unpaired) electrons. The Balaban J connectivity index is 2.34. The average molecular weight is 272 g/mol. The van der Waals surface area contributed by atoms with Crippen molar-refractivity contribution in [2.45, 2.75) is 13.5 Å². The smallest absolute Gasteiger partial charge is 0.231 e. The summed E-state index contributed by atoms with van der Waals surface area (Å²) in [6.07, 6.45) is 0. The third-order valence-corrected chi connectivity index (χ3v) is 3.26. The molecule has 0 saturated heterocycles. The molecule has 0 spiro atoms. The summed E-state index contributed by atoms with van der Waals surface area (Å²) in [6.45, 7) is 3.68. The van der Waals surface area contributed by atoms with Crippen LogP contribution in [0.25, 0.3) is 10.9 Å². The molecule has 5 nitrogen and oxygen atoms in total. The number of likely N-dealkylation sites (N-methyl/N-ethyl adjacent to an activating group) is 1. The van der Waals surface area contributed by atoms with Crippen molar-refractivity contribution < 1.29 is 4.79 Å². The molecule has 1 amide bonds. The van der Waals surface area contributed by atoms with Gasteiger partial charge in [-0.25, -0.2) is 4.98 Å². The topological polar surface area (TPSA) is 71.2 Å². The highest BCUT2D eigenvalue weighted by Crippen LogP contribution is 2.21. The lowest BCUT2D eigenvalue weighted by atomic mass is 10.1. The third-order valence-electron chi connectivity index (χ3n) is 3.26. The van der Waals surface area contributed by atoms with Crippen molar-refractivity contribution in [1.29, 1.82) is 0 Å². The van der Waals surface area contributed by atoms with Crippen molar-refractivity contribution in [3.8, 4) is 0 Å². The molecule has 3 N–H and O–H groups in total. The highest BCUT2D eigenvalue weighted by atomic mass is 16.1. The lowest BCUT2D eigenvalue weighted by Gasteiger charge is -2.20. The van der Waals surface area contributed by atoms with Crippen LogP contribution in [0.2, 0.25) is 0 Å². The molecule has 1 heterocycles. The minimum absolute atomic E-state index is 0.256. The monoisotopic (exact) mass is 272 g/mol. The van der Waals surface area contributed by atoms with Crippen LogP contribution in [0.5, 0.6) is 0 Å². The third kappa shape index (κ3) is 3.24. The van der Waals surface area contributed by atoms with Crippen LogP contribution in [0, 0.1) is 0 Å². The molecule has 0 saturated carbocycles. The Morgan fingerprint density at radius 3 is 2.80 bits per heavy atom. The Labute approximate surface area is 118 Å². The van der Waals surface area contributed by atoms with Gasteiger partial charge in [0.25, 0.3) is 0 Å². The van der Waals surface area contributed by atoms with Crippen LogP contribution >= 0.6 is 0 Å². The van der Waals surface area contributed by atoms with Crippen LogP contribution in [-0.4, -0.2) is 35.9 Å². The molecule has 0 fully saturated rings. The molecule has 5 heteroatoms. The van der Waals surface area contributed by atoms with Crippen molar-refractivity contribution in [3.63, 3.8) is 0 Å². The summed E-state index contributed by atoms with van der Waals surface area (Å²) in [5.41, 5.74) is 7.29. The SMILES string of the molecule is CCN(CC(N)=O)Cc1cc2ccccc2nc1NC. The second-order valence-electron chi connectivity index (χ2n) is 4.71. The standard InChI is InChI=1S/C15H20N4O/c1-3-19(10-14(16)20)9-12-8-11-6-4-5-7-13(11)18-15(12)17-2/h4-8H,3,9-10H2,1-2H3,(H2,16,20)(H,17,18). The summed E-state index contributed by atoms with van der Waals surface area (Å²) < 4.78 is 0. The number of benzene rings is 1. The molecular weight excluding hydrogens is 252 g/mol. The van der Waals surface area contributed by atoms with Crippen LogP contribution in [0.4, 0.5) is 5.82 Å². The van der Waals surface area contributed by atoms with Gasteiger partial charge in [-0.05, 0) is 18.7 Å². The molecule has 1 aromatic heterocycles. The van der Waals surface area contributed by atoms with Gasteiger partial charge in [-0.15, -0.1) is 0 Å². The Morgan fingerprint density at radius 2 is 2.15 bits per heavy atom. The van der Waals surface area contributed by atoms with Crippen molar-refractivity contribution in [2.75, 3.05) is 25.5 Å². The van der Waals surface area contributed by atoms with E-state index in [9.17, 15) is 4.79 Å². The van der Waals surface area contributed by atoms with Crippen molar-refractivity contribution in [3.05, 3.63) is 35.9 Å². The number of nitrogens with one attached hydrogen (secondary N) is 1. The Kier molecular flexibility index (Phi) is 4.53. The molecule has 0 bridgehead atoms. The molecule has 0 atom stereocenters. The molecule has 2 rings (SSSR count). The van der Waals surface area contributed by atoms with E-state index >= 15 is 0 Å². The number of carbonyl (C=O) groups excluding carboxylic acids is 1. The van der Waals surface area contributed by atoms with E-state index in [0.717, 1.165) is 28.8 Å². The van der Waals surface area contributed by atoms with Gasteiger partial charge in [0, 0.05) is 24.5 Å². The lowest BCUT2D eigenvalue weighted by Crippen LogP contribution is -2.33. The second kappa shape index (κ2) is 6.34. The number of anilines is 1. The van der Waals surface area contributed by atoms with E-state index in [1.165, 1.54) is 0 Å². The van der Waals surface area contributed by atoms with E-state index in [1.54, 1.807) is 0 Å². The molecule has 1 aromatic carbocycles. The van der Waals surface area contributed by atoms with E-state index in [-0.39, 0.29) is 12.5 Å². The van der Waals surface area contributed by atoms with Gasteiger partial charge >= 0.3 is 0 Å². The van der Waals surface area contributed by atoms with Gasteiger partial charge in [0.05, 0.1) is 12.1 Å². The number of carbonyl (C=O) groups is 1. The lowest BCUT2D eigenvalue weighted by molar-refractivity contribution is -0.119. The Hall–Kier alpha value is -2.14. The average Bonchev–Trinajstić information content (AvgIpc) is 2.45. The number of nitrogens with zero attached hydrogens (tertiary/aromatic N) is 2. The summed E-state index contributed by atoms with van der Waals surface area (Å²) in [6, 6.07) is 10.1. The fraction of sp³-hybridized carbons (Fsp3) is 0.333. The zero-order valence-electron chi connectivity index (χ0n) is 11.9. The number of pyridine rings is 1. The van der Waals surface area contributed by atoms with Gasteiger partial charge in [-0.3, -0.25) is 9.69 Å². The number of primary amides is 1. The first-order chi connectivity index (χ1) is 9.63. The number of fused-ring (bicyclic) bond motifs is 1. The first-order valence-corrected chi connectivity index (χ1v) is 6.71. The maximum Gasteiger partial charge on any atom is 0.231 e. The van der Waals surface area contributed by atoms with Gasteiger partial charge in [0.1, 0.15) is 5.82 Å². The molecule has 0 aliphatic rings. The largest absolute Gasteiger partial charge is 0.373 e. The number of rotatable bonds is 6. The van der Waals surface area contributed by atoms with E-state index < -0.39 is 0 Å². The molecule has 20 heavy (non-hydrogen) atoms. The first kappa shape index (κ1) is 14.3. The van der Waals surface area contributed by atoms with Gasteiger partial charge in [0.15, 0.2) is 0 Å². The molecule has 106 valence electrons.